The average molecular weight is 959 g/mol. The molecule has 0 radical (unpaired) electrons. The molecule has 13 nitrogen and oxygen atoms in total. The second kappa shape index (κ2) is 13.5. The molecule has 0 aromatic heterocycles. The molecule has 0 saturated carbocycles. The number of hydrogen-bond acceptors (Lipinski definition) is 12. The first kappa shape index (κ1) is 36.0. The number of benzene rings is 4. The normalized spacial score (nSPS) is 24.5. The van der Waals surface area contributed by atoms with Gasteiger partial charge in [0.05, 0.1) is 26.7 Å². The topological polar surface area (TPSA) is 193 Å². The number of phenols is 2. The Morgan fingerprint density at radius 1 is 0.922 bits per heavy atom. The van der Waals surface area contributed by atoms with Crippen LogP contribution in [0.1, 0.15) is 34.0 Å². The highest BCUT2D eigenvalue weighted by Crippen LogP contribution is 2.63. The summed E-state index contributed by atoms with van der Waals surface area (Å²) >= 11 is 14.0. The summed E-state index contributed by atoms with van der Waals surface area (Å²) in [6, 6.07) is 12.8. The molecule has 1 fully saturated rings. The molecular formula is C34H25Br4NO12. The van der Waals surface area contributed by atoms with Crippen LogP contribution in [-0.2, 0) is 19.9 Å². The van der Waals surface area contributed by atoms with Gasteiger partial charge in [0, 0.05) is 12.5 Å². The molecule has 3 heterocycles. The van der Waals surface area contributed by atoms with E-state index in [1.54, 1.807) is 36.4 Å². The summed E-state index contributed by atoms with van der Waals surface area (Å²) in [5.41, 5.74) is -0.768. The molecule has 0 bridgehead atoms. The number of phenolic OH excluding ortho intramolecular Hbond substituents is 2. The summed E-state index contributed by atoms with van der Waals surface area (Å²) in [7, 11) is 0. The number of amides is 1. The lowest BCUT2D eigenvalue weighted by Gasteiger charge is -2.42. The predicted octanol–water partition coefficient (Wildman–Crippen LogP) is 5.83. The van der Waals surface area contributed by atoms with Crippen LogP contribution in [0, 0.1) is 0 Å². The molecule has 1 unspecified atom stereocenters. The van der Waals surface area contributed by atoms with Gasteiger partial charge in [-0.25, -0.2) is 4.79 Å². The van der Waals surface area contributed by atoms with Crippen LogP contribution in [0.4, 0.5) is 0 Å². The van der Waals surface area contributed by atoms with E-state index in [1.165, 1.54) is 25.1 Å². The molecule has 266 valence electrons. The van der Waals surface area contributed by atoms with Crippen LogP contribution in [-0.4, -0.2) is 74.7 Å². The quantitative estimate of drug-likeness (QED) is 0.127. The zero-order chi connectivity index (χ0) is 36.5. The zero-order valence-corrected chi connectivity index (χ0v) is 32.2. The Bertz CT molecular complexity index is 2100. The molecule has 1 saturated heterocycles. The largest absolute Gasteiger partial charge is 0.508 e. The highest BCUT2D eigenvalue weighted by molar-refractivity contribution is 9.11. The fourth-order valence-electron chi connectivity index (χ4n) is 6.35. The summed E-state index contributed by atoms with van der Waals surface area (Å²) in [5, 5.41) is 54.3. The van der Waals surface area contributed by atoms with E-state index < -0.39 is 54.7 Å². The second-order valence-electron chi connectivity index (χ2n) is 11.8. The second-order valence-corrected chi connectivity index (χ2v) is 15.1. The number of carbonyl (C=O) groups is 2. The highest BCUT2D eigenvalue weighted by atomic mass is 79.9. The van der Waals surface area contributed by atoms with Crippen molar-refractivity contribution in [3.05, 3.63) is 94.7 Å². The SMILES string of the molecule is CC(=O)N[C@H]1[C@H](Oc2cccc3c2C(=O)OC32c3cc(Br)c(O)c(Br)c3Oc3c2cc(Br)c(Oc2ccc(O)cc2)c3Br)O[C@H](CO)[C@@H](O)[C@@H]1O. The maximum Gasteiger partial charge on any atom is 0.343 e. The van der Waals surface area contributed by atoms with E-state index in [0.29, 0.717) is 31.4 Å². The summed E-state index contributed by atoms with van der Waals surface area (Å²) in [6.07, 6.45) is -5.87. The lowest BCUT2D eigenvalue weighted by atomic mass is 9.77. The molecule has 4 aromatic carbocycles. The Morgan fingerprint density at radius 2 is 1.59 bits per heavy atom. The van der Waals surface area contributed by atoms with Crippen molar-refractivity contribution in [2.45, 2.75) is 43.2 Å². The van der Waals surface area contributed by atoms with Crippen LogP contribution >= 0.6 is 63.7 Å². The van der Waals surface area contributed by atoms with Gasteiger partial charge in [-0.2, -0.15) is 0 Å². The van der Waals surface area contributed by atoms with E-state index in [0.717, 1.165) is 0 Å². The monoisotopic (exact) mass is 955 g/mol. The van der Waals surface area contributed by atoms with Crippen molar-refractivity contribution in [3.63, 3.8) is 0 Å². The Labute approximate surface area is 322 Å². The zero-order valence-electron chi connectivity index (χ0n) is 25.9. The number of aromatic hydroxyl groups is 2. The predicted molar refractivity (Wildman–Crippen MR) is 191 cm³/mol. The van der Waals surface area contributed by atoms with E-state index in [2.05, 4.69) is 69.0 Å². The number of esters is 1. The van der Waals surface area contributed by atoms with Crippen LogP contribution in [0.3, 0.4) is 0 Å². The molecule has 7 rings (SSSR count). The van der Waals surface area contributed by atoms with Gasteiger partial charge < -0.3 is 54.5 Å². The minimum Gasteiger partial charge on any atom is -0.508 e. The van der Waals surface area contributed by atoms with Crippen molar-refractivity contribution in [2.24, 2.45) is 0 Å². The van der Waals surface area contributed by atoms with E-state index >= 15 is 0 Å². The number of ether oxygens (including phenoxy) is 5. The summed E-state index contributed by atoms with van der Waals surface area (Å²) in [6.45, 7) is 0.538. The fraction of sp³-hybridized carbons (Fsp3) is 0.235. The first-order valence-corrected chi connectivity index (χ1v) is 18.3. The number of aliphatic hydroxyl groups is 3. The fourth-order valence-corrected chi connectivity index (χ4v) is 8.91. The summed E-state index contributed by atoms with van der Waals surface area (Å²) in [4.78, 5) is 26.2. The maximum atomic E-state index is 14.1. The van der Waals surface area contributed by atoms with Gasteiger partial charge in [-0.1, -0.05) is 12.1 Å². The number of fused-ring (bicyclic) bond motifs is 6. The van der Waals surface area contributed by atoms with Gasteiger partial charge in [-0.05, 0) is 106 Å². The molecule has 17 heteroatoms. The van der Waals surface area contributed by atoms with Crippen LogP contribution < -0.4 is 19.5 Å². The Morgan fingerprint density at radius 3 is 2.25 bits per heavy atom. The van der Waals surface area contributed by atoms with Crippen LogP contribution in [0.25, 0.3) is 0 Å². The van der Waals surface area contributed by atoms with E-state index in [1.807, 2.05) is 0 Å². The van der Waals surface area contributed by atoms with Crippen molar-refractivity contribution in [2.75, 3.05) is 6.61 Å². The first-order valence-electron chi connectivity index (χ1n) is 15.1. The number of halogens is 4. The molecule has 6 atom stereocenters. The highest BCUT2D eigenvalue weighted by Gasteiger charge is 2.57. The minimum atomic E-state index is -1.72. The molecule has 3 aliphatic heterocycles. The number of aliphatic hydroxyl groups excluding tert-OH is 3. The molecule has 6 N–H and O–H groups in total. The third kappa shape index (κ3) is 5.87. The van der Waals surface area contributed by atoms with Gasteiger partial charge in [0.25, 0.3) is 0 Å². The van der Waals surface area contributed by atoms with Crippen molar-refractivity contribution in [1.29, 1.82) is 0 Å². The Kier molecular flexibility index (Phi) is 9.54. The molecule has 3 aliphatic rings. The van der Waals surface area contributed by atoms with Crippen molar-refractivity contribution >= 4 is 75.6 Å². The number of nitrogens with one attached hydrogen (secondary N) is 1. The molecular weight excluding hydrogens is 934 g/mol. The van der Waals surface area contributed by atoms with Crippen molar-refractivity contribution in [1.82, 2.24) is 5.32 Å². The molecule has 0 aliphatic carbocycles. The van der Waals surface area contributed by atoms with Gasteiger partial charge in [0.1, 0.15) is 61.9 Å². The molecule has 51 heavy (non-hydrogen) atoms. The first-order chi connectivity index (χ1) is 24.3. The van der Waals surface area contributed by atoms with E-state index in [-0.39, 0.29) is 49.0 Å². The number of carbonyl (C=O) groups excluding carboxylic acids is 2. The Balaban J connectivity index is 1.41. The van der Waals surface area contributed by atoms with Crippen molar-refractivity contribution < 1.29 is 58.8 Å². The lowest BCUT2D eigenvalue weighted by Crippen LogP contribution is -2.65. The Hall–Kier alpha value is -3.42. The van der Waals surface area contributed by atoms with Crippen LogP contribution in [0.15, 0.2) is 72.5 Å². The van der Waals surface area contributed by atoms with Gasteiger partial charge >= 0.3 is 5.97 Å². The minimum absolute atomic E-state index is 0.0281. The molecule has 1 spiro atoms. The average Bonchev–Trinajstić information content (AvgIpc) is 3.40. The summed E-state index contributed by atoms with van der Waals surface area (Å²) < 4.78 is 32.1. The van der Waals surface area contributed by atoms with Gasteiger partial charge in [0.15, 0.2) is 22.8 Å². The van der Waals surface area contributed by atoms with E-state index in [4.69, 9.17) is 23.7 Å². The van der Waals surface area contributed by atoms with Gasteiger partial charge in [-0.15, -0.1) is 0 Å². The van der Waals surface area contributed by atoms with Crippen LogP contribution in [0.5, 0.6) is 40.2 Å². The van der Waals surface area contributed by atoms with Gasteiger partial charge in [-0.3, -0.25) is 4.79 Å². The lowest BCUT2D eigenvalue weighted by molar-refractivity contribution is -0.244. The van der Waals surface area contributed by atoms with Crippen LogP contribution in [0.2, 0.25) is 0 Å². The molecule has 1 amide bonds. The third-order valence-corrected chi connectivity index (χ3v) is 11.3. The standard InChI is InChI=1S/C34H25Br4NO12/c1-12(41)39-25-28(45)27(44)21(11-40)49-33(25)48-20-4-2-3-15-22(20)32(46)51-34(15)16-9-18(35)26(43)23(37)29(16)50-30-17(34)10-19(36)31(24(30)38)47-14-7-5-13(42)6-8-14/h2-10,21,25,27-28,33,40,42-45H,11H2,1H3,(H,39,41)/t21-,25-,27-,28-,33-,34?/m1/s1. The van der Waals surface area contributed by atoms with Gasteiger partial charge in [0.2, 0.25) is 12.2 Å². The maximum absolute atomic E-state index is 14.1. The number of rotatable bonds is 6. The smallest absolute Gasteiger partial charge is 0.343 e. The number of hydrogen-bond donors (Lipinski definition) is 6. The van der Waals surface area contributed by atoms with Crippen molar-refractivity contribution in [3.8, 4) is 40.2 Å². The summed E-state index contributed by atoms with van der Waals surface area (Å²) in [5.74, 6) is -0.565. The third-order valence-electron chi connectivity index (χ3n) is 8.65. The van der Waals surface area contributed by atoms with E-state index in [9.17, 15) is 35.1 Å². The molecule has 4 aromatic rings.